The average Bonchev–Trinajstić information content (AvgIpc) is 2.90. The Kier molecular flexibility index (Phi) is 13.7. The molecule has 1 aliphatic rings. The predicted molar refractivity (Wildman–Crippen MR) is 156 cm³/mol. The van der Waals surface area contributed by atoms with Crippen LogP contribution in [0.15, 0.2) is 66.5 Å². The number of ether oxygens (including phenoxy) is 1. The largest absolute Gasteiger partial charge is 0.480 e. The fourth-order valence-corrected chi connectivity index (χ4v) is 4.38. The molecule has 2 unspecified atom stereocenters. The van der Waals surface area contributed by atoms with Gasteiger partial charge in [0.1, 0.15) is 6.04 Å². The maximum Gasteiger partial charge on any atom is 0.429 e. The Hall–Kier alpha value is -3.73. The van der Waals surface area contributed by atoms with Crippen molar-refractivity contribution in [3.63, 3.8) is 0 Å². The van der Waals surface area contributed by atoms with Crippen molar-refractivity contribution in [3.05, 3.63) is 72.1 Å². The number of nitrogens with two attached hydrogens (primary N) is 2. The number of rotatable bonds is 9. The van der Waals surface area contributed by atoms with Crippen molar-refractivity contribution in [1.29, 1.82) is 0 Å². The molecule has 7 nitrogen and oxygen atoms in total. The molecule has 1 aliphatic carbocycles. The first-order chi connectivity index (χ1) is 19.8. The van der Waals surface area contributed by atoms with E-state index in [1.165, 1.54) is 51.0 Å². The first-order valence-electron chi connectivity index (χ1n) is 13.9. The molecule has 0 radical (unpaired) electrons. The highest BCUT2D eigenvalue weighted by molar-refractivity contribution is 5.73. The fourth-order valence-electron chi connectivity index (χ4n) is 4.38. The van der Waals surface area contributed by atoms with E-state index in [-0.39, 0.29) is 18.1 Å². The van der Waals surface area contributed by atoms with E-state index in [0.717, 1.165) is 31.1 Å². The monoisotopic (exact) mass is 592 g/mol. The molecule has 11 heteroatoms. The van der Waals surface area contributed by atoms with Gasteiger partial charge in [0, 0.05) is 17.2 Å². The Labute approximate surface area is 244 Å². The fraction of sp³-hybridized carbons (Fsp3) is 0.452. The molecule has 1 fully saturated rings. The molecule has 3 rings (SSSR count). The Morgan fingerprint density at radius 1 is 1.12 bits per heavy atom. The number of anilines is 1. The van der Waals surface area contributed by atoms with Crippen molar-refractivity contribution in [1.82, 2.24) is 9.97 Å². The van der Waals surface area contributed by atoms with Crippen molar-refractivity contribution in [2.75, 3.05) is 5.73 Å². The maximum atomic E-state index is 13.6. The molecule has 0 amide bonds. The van der Waals surface area contributed by atoms with Crippen molar-refractivity contribution in [2.24, 2.45) is 11.7 Å². The molecule has 0 bridgehead atoms. The number of halogens is 4. The van der Waals surface area contributed by atoms with Crippen LogP contribution in [0.25, 0.3) is 11.3 Å². The topological polar surface area (TPSA) is 124 Å². The van der Waals surface area contributed by atoms with Gasteiger partial charge in [-0.1, -0.05) is 94.9 Å². The van der Waals surface area contributed by atoms with Crippen molar-refractivity contribution >= 4 is 11.9 Å². The van der Waals surface area contributed by atoms with Crippen LogP contribution in [0, 0.1) is 5.92 Å². The van der Waals surface area contributed by atoms with Gasteiger partial charge in [-0.2, -0.15) is 18.2 Å². The summed E-state index contributed by atoms with van der Waals surface area (Å²) in [7, 11) is 0. The van der Waals surface area contributed by atoms with Crippen LogP contribution in [0.2, 0.25) is 0 Å². The molecule has 1 aromatic heterocycles. The van der Waals surface area contributed by atoms with Gasteiger partial charge in [0.05, 0.1) is 11.5 Å². The van der Waals surface area contributed by atoms with E-state index in [0.29, 0.717) is 11.1 Å². The van der Waals surface area contributed by atoms with Gasteiger partial charge >= 0.3 is 12.1 Å². The highest BCUT2D eigenvalue weighted by Gasteiger charge is 2.44. The number of alkyl halides is 3. The van der Waals surface area contributed by atoms with Crippen molar-refractivity contribution in [2.45, 2.75) is 83.5 Å². The highest BCUT2D eigenvalue weighted by atomic mass is 19.4. The summed E-state index contributed by atoms with van der Waals surface area (Å²) in [6.45, 7) is 6.81. The Morgan fingerprint density at radius 2 is 1.71 bits per heavy atom. The third-order valence-electron chi connectivity index (χ3n) is 6.72. The van der Waals surface area contributed by atoms with Gasteiger partial charge in [-0.05, 0) is 30.9 Å². The molecule has 2 aromatic rings. The molecule has 0 aliphatic heterocycles. The number of carbonyl (C=O) groups is 1. The van der Waals surface area contributed by atoms with E-state index < -0.39 is 41.6 Å². The van der Waals surface area contributed by atoms with Crippen LogP contribution in [0.4, 0.5) is 23.5 Å². The number of aromatic nitrogens is 2. The zero-order chi connectivity index (χ0) is 31.3. The average molecular weight is 593 g/mol. The second kappa shape index (κ2) is 16.6. The number of hydrogen-bond donors (Lipinski definition) is 3. The smallest absolute Gasteiger partial charge is 0.429 e. The van der Waals surface area contributed by atoms with E-state index in [4.69, 9.17) is 21.3 Å². The van der Waals surface area contributed by atoms with Crippen LogP contribution >= 0.6 is 0 Å². The summed E-state index contributed by atoms with van der Waals surface area (Å²) in [5, 5.41) is 8.90. The van der Waals surface area contributed by atoms with E-state index >= 15 is 0 Å². The number of carboxylic acid groups (broad SMARTS) is 1. The summed E-state index contributed by atoms with van der Waals surface area (Å²) in [5.74, 6) is -1.61. The minimum absolute atomic E-state index is 0.0899. The first-order valence-corrected chi connectivity index (χ1v) is 13.9. The van der Waals surface area contributed by atoms with Crippen LogP contribution in [0.5, 0.6) is 5.88 Å². The summed E-state index contributed by atoms with van der Waals surface area (Å²) in [6, 6.07) is 6.48. The predicted octanol–water partition coefficient (Wildman–Crippen LogP) is 7.34. The normalized spacial score (nSPS) is 16.7. The van der Waals surface area contributed by atoms with Gasteiger partial charge < -0.3 is 21.3 Å². The lowest BCUT2D eigenvalue weighted by Crippen LogP contribution is -2.36. The minimum Gasteiger partial charge on any atom is -0.480 e. The van der Waals surface area contributed by atoms with Crippen LogP contribution in [-0.2, 0) is 11.2 Å². The third-order valence-corrected chi connectivity index (χ3v) is 6.72. The second-order valence-electron chi connectivity index (χ2n) is 10.4. The van der Waals surface area contributed by atoms with Crippen LogP contribution in [0.1, 0.15) is 64.4 Å². The number of nitrogen functional groups attached to an aromatic ring is 1. The van der Waals surface area contributed by atoms with Gasteiger partial charge in [0.25, 0.3) is 0 Å². The molecule has 2 atom stereocenters. The number of carboxylic acids is 1. The lowest BCUT2D eigenvalue weighted by atomic mass is 9.93. The highest BCUT2D eigenvalue weighted by Crippen LogP contribution is 2.32. The number of nitrogens with zero attached hydrogens (tertiary/aromatic N) is 2. The molecule has 1 saturated carbocycles. The zero-order valence-corrected chi connectivity index (χ0v) is 24.0. The number of allylic oxidation sites excluding steroid dienone is 3. The van der Waals surface area contributed by atoms with Gasteiger partial charge in [0.2, 0.25) is 17.9 Å². The number of hydrogen-bond acceptors (Lipinski definition) is 6. The van der Waals surface area contributed by atoms with Gasteiger partial charge in [-0.3, -0.25) is 4.79 Å². The SMILES string of the molecule is C=C/C(=C\C=C(/C)F)C(Oc1cc(-c2ccc(CC(N)C(=O)O)cc2)nc(N)n1)C(F)(F)F.CC1CCCCCCC1. The molecule has 0 spiro atoms. The lowest BCUT2D eigenvalue weighted by Gasteiger charge is -2.22. The summed E-state index contributed by atoms with van der Waals surface area (Å²) < 4.78 is 59.0. The molecule has 1 heterocycles. The van der Waals surface area contributed by atoms with Crippen LogP contribution in [-0.4, -0.2) is 39.4 Å². The van der Waals surface area contributed by atoms with Crippen molar-refractivity contribution in [3.8, 4) is 17.1 Å². The molecule has 42 heavy (non-hydrogen) atoms. The van der Waals surface area contributed by atoms with Gasteiger partial charge in [-0.15, -0.1) is 0 Å². The standard InChI is InChI=1S/C22H22F4N4O3.C9H18/c1-3-14(7-4-12(2)23)19(22(24,25)26)33-18-11-17(29-21(28)30-18)15-8-5-13(6-9-15)10-16(27)20(31)32;1-9-7-5-3-2-4-6-8-9/h3-9,11,16,19H,1,10,27H2,2H3,(H,31,32)(H2,28,29,30);9H,2-8H2,1H3/b12-4+,14-7+;. The number of benzene rings is 1. The molecule has 230 valence electrons. The van der Waals surface area contributed by atoms with Gasteiger partial charge in [-0.25, -0.2) is 9.37 Å². The van der Waals surface area contributed by atoms with E-state index in [2.05, 4.69) is 23.5 Å². The van der Waals surface area contributed by atoms with E-state index in [1.807, 2.05) is 0 Å². The zero-order valence-electron chi connectivity index (χ0n) is 24.0. The first kappa shape index (κ1) is 34.5. The summed E-state index contributed by atoms with van der Waals surface area (Å²) >= 11 is 0. The van der Waals surface area contributed by atoms with Crippen LogP contribution < -0.4 is 16.2 Å². The maximum absolute atomic E-state index is 13.6. The third kappa shape index (κ3) is 12.0. The Morgan fingerprint density at radius 3 is 2.24 bits per heavy atom. The second-order valence-corrected chi connectivity index (χ2v) is 10.4. The van der Waals surface area contributed by atoms with E-state index in [1.54, 1.807) is 24.3 Å². The van der Waals surface area contributed by atoms with Crippen LogP contribution in [0.3, 0.4) is 0 Å². The van der Waals surface area contributed by atoms with E-state index in [9.17, 15) is 22.4 Å². The summed E-state index contributed by atoms with van der Waals surface area (Å²) in [5.41, 5.74) is 12.0. The van der Waals surface area contributed by atoms with Crippen molar-refractivity contribution < 1.29 is 32.2 Å². The Balaban J connectivity index is 0.000000581. The molecule has 5 N–H and O–H groups in total. The lowest BCUT2D eigenvalue weighted by molar-refractivity contribution is -0.183. The molecular formula is C31H40F4N4O3. The summed E-state index contributed by atoms with van der Waals surface area (Å²) in [4.78, 5) is 18.6. The number of aliphatic carboxylic acids is 1. The molecule has 1 aromatic carbocycles. The van der Waals surface area contributed by atoms with Gasteiger partial charge in [0.15, 0.2) is 0 Å². The Bertz CT molecular complexity index is 1220. The molecular weight excluding hydrogens is 552 g/mol. The minimum atomic E-state index is -4.86. The molecule has 0 saturated heterocycles. The summed E-state index contributed by atoms with van der Waals surface area (Å²) in [6.07, 6.45) is 5.85. The quantitative estimate of drug-likeness (QED) is 0.205.